The van der Waals surface area contributed by atoms with Gasteiger partial charge in [-0.1, -0.05) is 30.3 Å². The number of nitrogens with zero attached hydrogens (tertiary/aromatic N) is 1. The number of hydrogen-bond donors (Lipinski definition) is 0. The van der Waals surface area contributed by atoms with Crippen LogP contribution in [0, 0.1) is 0 Å². The molecule has 0 bridgehead atoms. The highest BCUT2D eigenvalue weighted by atomic mass is 16.7. The van der Waals surface area contributed by atoms with E-state index in [1.807, 2.05) is 30.3 Å². The Hall–Kier alpha value is -1.61. The summed E-state index contributed by atoms with van der Waals surface area (Å²) in [5.74, 6) is -0.341. The van der Waals surface area contributed by atoms with Crippen LogP contribution in [0.5, 0.6) is 0 Å². The van der Waals surface area contributed by atoms with E-state index in [0.29, 0.717) is 0 Å². The standard InChI is InChI=1S/C12H16NO2/c1-13(2,3)15-12(14)10-9-11-7-5-4-6-8-11/h4-10H,1-3H3/q+1. The first-order valence-electron chi connectivity index (χ1n) is 4.75. The average Bonchev–Trinajstić information content (AvgIpc) is 2.14. The van der Waals surface area contributed by atoms with Gasteiger partial charge in [0, 0.05) is 6.08 Å². The Bertz CT molecular complexity index is 350. The van der Waals surface area contributed by atoms with E-state index in [4.69, 9.17) is 4.84 Å². The summed E-state index contributed by atoms with van der Waals surface area (Å²) in [7, 11) is 5.36. The first-order valence-corrected chi connectivity index (χ1v) is 4.75. The van der Waals surface area contributed by atoms with Gasteiger partial charge in [0.05, 0.1) is 0 Å². The summed E-state index contributed by atoms with van der Waals surface area (Å²) in [6, 6.07) is 9.63. The second kappa shape index (κ2) is 4.75. The van der Waals surface area contributed by atoms with Gasteiger partial charge in [-0.15, -0.1) is 4.65 Å². The predicted molar refractivity (Wildman–Crippen MR) is 59.6 cm³/mol. The fourth-order valence-electron chi connectivity index (χ4n) is 1.03. The number of carbonyl (C=O) groups is 1. The van der Waals surface area contributed by atoms with E-state index < -0.39 is 0 Å². The van der Waals surface area contributed by atoms with Gasteiger partial charge in [-0.25, -0.2) is 4.79 Å². The lowest BCUT2D eigenvalue weighted by molar-refractivity contribution is -1.04. The minimum Gasteiger partial charge on any atom is -0.273 e. The summed E-state index contributed by atoms with van der Waals surface area (Å²) < 4.78 is 0.165. The van der Waals surface area contributed by atoms with Crippen molar-refractivity contribution < 1.29 is 14.3 Å². The molecule has 0 aromatic heterocycles. The van der Waals surface area contributed by atoms with Crippen LogP contribution in [0.2, 0.25) is 0 Å². The van der Waals surface area contributed by atoms with Crippen molar-refractivity contribution in [3.8, 4) is 0 Å². The molecule has 0 unspecified atom stereocenters. The van der Waals surface area contributed by atoms with Crippen molar-refractivity contribution in [3.63, 3.8) is 0 Å². The Balaban J connectivity index is 2.56. The summed E-state index contributed by atoms with van der Waals surface area (Å²) in [6.07, 6.45) is 3.16. The molecule has 15 heavy (non-hydrogen) atoms. The SMILES string of the molecule is C[N+](C)(C)OC(=O)C=Cc1ccccc1. The van der Waals surface area contributed by atoms with Crippen molar-refractivity contribution >= 4 is 12.0 Å². The number of benzene rings is 1. The normalized spacial score (nSPS) is 11.7. The van der Waals surface area contributed by atoms with E-state index in [2.05, 4.69) is 0 Å². The van der Waals surface area contributed by atoms with Crippen LogP contribution in [-0.2, 0) is 9.63 Å². The molecule has 1 aromatic carbocycles. The van der Waals surface area contributed by atoms with Gasteiger partial charge in [-0.05, 0) is 11.6 Å². The van der Waals surface area contributed by atoms with Crippen molar-refractivity contribution in [1.29, 1.82) is 0 Å². The first kappa shape index (κ1) is 11.5. The monoisotopic (exact) mass is 206 g/mol. The van der Waals surface area contributed by atoms with E-state index in [1.165, 1.54) is 6.08 Å². The Kier molecular flexibility index (Phi) is 3.63. The van der Waals surface area contributed by atoms with E-state index >= 15 is 0 Å². The molecule has 3 heteroatoms. The van der Waals surface area contributed by atoms with Crippen molar-refractivity contribution in [2.24, 2.45) is 0 Å². The minimum absolute atomic E-state index is 0.165. The van der Waals surface area contributed by atoms with Gasteiger partial charge in [-0.3, -0.25) is 4.84 Å². The molecule has 0 saturated heterocycles. The second-order valence-electron chi connectivity index (χ2n) is 4.04. The summed E-state index contributed by atoms with van der Waals surface area (Å²) in [5.41, 5.74) is 0.982. The predicted octanol–water partition coefficient (Wildman–Crippen LogP) is 1.86. The minimum atomic E-state index is -0.341. The Morgan fingerprint density at radius 2 is 1.80 bits per heavy atom. The van der Waals surface area contributed by atoms with E-state index in [0.717, 1.165) is 5.56 Å². The summed E-state index contributed by atoms with van der Waals surface area (Å²) >= 11 is 0. The van der Waals surface area contributed by atoms with Gasteiger partial charge in [0.15, 0.2) is 0 Å². The zero-order chi connectivity index (χ0) is 11.3. The molecule has 1 aromatic rings. The van der Waals surface area contributed by atoms with Gasteiger partial charge >= 0.3 is 5.97 Å². The van der Waals surface area contributed by atoms with Crippen LogP contribution < -0.4 is 0 Å². The number of carbonyl (C=O) groups excluding carboxylic acids is 1. The highest BCUT2D eigenvalue weighted by molar-refractivity contribution is 5.86. The van der Waals surface area contributed by atoms with Gasteiger partial charge < -0.3 is 0 Å². The van der Waals surface area contributed by atoms with E-state index in [1.54, 1.807) is 27.2 Å². The number of hydrogen-bond acceptors (Lipinski definition) is 2. The smallest absolute Gasteiger partial charge is 0.273 e. The third kappa shape index (κ3) is 4.98. The highest BCUT2D eigenvalue weighted by Crippen LogP contribution is 2.02. The second-order valence-corrected chi connectivity index (χ2v) is 4.04. The lowest BCUT2D eigenvalue weighted by atomic mass is 10.2. The summed E-state index contributed by atoms with van der Waals surface area (Å²) in [5, 5.41) is 0. The van der Waals surface area contributed by atoms with Crippen LogP contribution in [0.3, 0.4) is 0 Å². The van der Waals surface area contributed by atoms with Crippen LogP contribution in [0.1, 0.15) is 5.56 Å². The molecule has 0 amide bonds. The van der Waals surface area contributed by atoms with Crippen LogP contribution in [0.4, 0.5) is 0 Å². The Labute approximate surface area is 90.1 Å². The first-order chi connectivity index (χ1) is 6.97. The molecule has 3 nitrogen and oxygen atoms in total. The molecule has 0 saturated carbocycles. The third-order valence-electron chi connectivity index (χ3n) is 1.58. The van der Waals surface area contributed by atoms with Crippen molar-refractivity contribution in [2.75, 3.05) is 21.1 Å². The number of quaternary nitrogens is 1. The van der Waals surface area contributed by atoms with Crippen molar-refractivity contribution in [3.05, 3.63) is 42.0 Å². The van der Waals surface area contributed by atoms with Crippen LogP contribution in [0.15, 0.2) is 36.4 Å². The third-order valence-corrected chi connectivity index (χ3v) is 1.58. The molecule has 80 valence electrons. The maximum absolute atomic E-state index is 11.3. The fourth-order valence-corrected chi connectivity index (χ4v) is 1.03. The molecule has 0 spiro atoms. The van der Waals surface area contributed by atoms with E-state index in [9.17, 15) is 4.79 Å². The van der Waals surface area contributed by atoms with Crippen LogP contribution in [0.25, 0.3) is 6.08 Å². The fraction of sp³-hybridized carbons (Fsp3) is 0.250. The van der Waals surface area contributed by atoms with Gasteiger partial charge in [0.25, 0.3) is 0 Å². The lowest BCUT2D eigenvalue weighted by Gasteiger charge is -2.19. The zero-order valence-corrected chi connectivity index (χ0v) is 9.31. The molecule has 0 radical (unpaired) electrons. The molecule has 0 aliphatic carbocycles. The maximum atomic E-state index is 11.3. The molecule has 0 N–H and O–H groups in total. The molecule has 0 heterocycles. The molecule has 0 atom stereocenters. The average molecular weight is 206 g/mol. The molecular weight excluding hydrogens is 190 g/mol. The summed E-state index contributed by atoms with van der Waals surface area (Å²) in [6.45, 7) is 0. The lowest BCUT2D eigenvalue weighted by Crippen LogP contribution is -2.36. The van der Waals surface area contributed by atoms with Crippen LogP contribution >= 0.6 is 0 Å². The van der Waals surface area contributed by atoms with Gasteiger partial charge in [0.1, 0.15) is 21.1 Å². The molecule has 0 aliphatic rings. The Morgan fingerprint density at radius 1 is 1.20 bits per heavy atom. The largest absolute Gasteiger partial charge is 0.390 e. The highest BCUT2D eigenvalue weighted by Gasteiger charge is 2.12. The van der Waals surface area contributed by atoms with Crippen molar-refractivity contribution in [1.82, 2.24) is 0 Å². The number of rotatable bonds is 3. The number of hydroxylamine groups is 3. The topological polar surface area (TPSA) is 26.3 Å². The van der Waals surface area contributed by atoms with Crippen molar-refractivity contribution in [2.45, 2.75) is 0 Å². The van der Waals surface area contributed by atoms with E-state index in [-0.39, 0.29) is 10.6 Å². The quantitative estimate of drug-likeness (QED) is 0.428. The van der Waals surface area contributed by atoms with Gasteiger partial charge in [0.2, 0.25) is 0 Å². The molecular formula is C12H16NO2+. The zero-order valence-electron chi connectivity index (χ0n) is 9.31. The summed E-state index contributed by atoms with van der Waals surface area (Å²) in [4.78, 5) is 16.4. The maximum Gasteiger partial charge on any atom is 0.390 e. The molecule has 1 rings (SSSR count). The Morgan fingerprint density at radius 3 is 2.33 bits per heavy atom. The van der Waals surface area contributed by atoms with Gasteiger partial charge in [-0.2, -0.15) is 0 Å². The molecule has 0 fully saturated rings. The molecule has 0 aliphatic heterocycles. The van der Waals surface area contributed by atoms with Crippen LogP contribution in [-0.4, -0.2) is 31.8 Å².